The second kappa shape index (κ2) is 7.41. The number of ether oxygens (including phenoxy) is 1. The van der Waals surface area contributed by atoms with E-state index in [1.54, 1.807) is 12.1 Å². The largest absolute Gasteiger partial charge is 0.494 e. The van der Waals surface area contributed by atoms with E-state index in [9.17, 15) is 17.6 Å². The summed E-state index contributed by atoms with van der Waals surface area (Å²) in [6.07, 6.45) is 0.593. The van der Waals surface area contributed by atoms with Crippen LogP contribution in [0, 0.1) is 5.82 Å². The Labute approximate surface area is 139 Å². The third-order valence-corrected chi connectivity index (χ3v) is 4.26. The first-order valence-electron chi connectivity index (χ1n) is 7.05. The average Bonchev–Trinajstić information content (AvgIpc) is 2.54. The summed E-state index contributed by atoms with van der Waals surface area (Å²) in [5.74, 6) is -0.490. The van der Waals surface area contributed by atoms with Gasteiger partial charge in [0.1, 0.15) is 11.6 Å². The fourth-order valence-electron chi connectivity index (χ4n) is 2.08. The van der Waals surface area contributed by atoms with Gasteiger partial charge in [0.15, 0.2) is 0 Å². The maximum Gasteiger partial charge on any atom is 0.238 e. The van der Waals surface area contributed by atoms with Gasteiger partial charge in [0, 0.05) is 12.5 Å². The standard InChI is InChI=1S/C16H17FN2O4S/c1-23-15-10-12(17)5-8-14(15)19-16(20)9-4-11-2-6-13(7-3-11)24(18,21)22/h2-3,5-8,10H,4,9H2,1H3,(H,19,20)(H2,18,21,22). The van der Waals surface area contributed by atoms with Crippen LogP contribution in [-0.2, 0) is 21.2 Å². The first-order valence-corrected chi connectivity index (χ1v) is 8.59. The molecular formula is C16H17FN2O4S. The van der Waals surface area contributed by atoms with Gasteiger partial charge in [-0.05, 0) is 36.2 Å². The van der Waals surface area contributed by atoms with Crippen molar-refractivity contribution in [2.75, 3.05) is 12.4 Å². The topological polar surface area (TPSA) is 98.5 Å². The lowest BCUT2D eigenvalue weighted by atomic mass is 10.1. The number of aryl methyl sites for hydroxylation is 1. The number of rotatable bonds is 6. The molecule has 0 heterocycles. The van der Waals surface area contributed by atoms with Crippen molar-refractivity contribution in [2.24, 2.45) is 5.14 Å². The van der Waals surface area contributed by atoms with Crippen LogP contribution in [0.3, 0.4) is 0 Å². The van der Waals surface area contributed by atoms with E-state index in [0.29, 0.717) is 12.1 Å². The van der Waals surface area contributed by atoms with Gasteiger partial charge in [-0.1, -0.05) is 12.1 Å². The van der Waals surface area contributed by atoms with Crippen LogP contribution in [0.5, 0.6) is 5.75 Å². The van der Waals surface area contributed by atoms with Crippen LogP contribution in [-0.4, -0.2) is 21.4 Å². The number of nitrogens with one attached hydrogen (secondary N) is 1. The fraction of sp³-hybridized carbons (Fsp3) is 0.188. The summed E-state index contributed by atoms with van der Waals surface area (Å²) < 4.78 is 40.5. The van der Waals surface area contributed by atoms with E-state index in [4.69, 9.17) is 9.88 Å². The maximum absolute atomic E-state index is 13.1. The minimum absolute atomic E-state index is 0.0201. The lowest BCUT2D eigenvalue weighted by Gasteiger charge is -2.10. The highest BCUT2D eigenvalue weighted by Gasteiger charge is 2.10. The summed E-state index contributed by atoms with van der Waals surface area (Å²) in [6.45, 7) is 0. The van der Waals surface area contributed by atoms with Crippen LogP contribution in [0.1, 0.15) is 12.0 Å². The molecule has 0 bridgehead atoms. The molecule has 0 aromatic heterocycles. The Morgan fingerprint density at radius 3 is 2.46 bits per heavy atom. The SMILES string of the molecule is COc1cc(F)ccc1NC(=O)CCc1ccc(S(N)(=O)=O)cc1. The van der Waals surface area contributed by atoms with Gasteiger partial charge in [0.2, 0.25) is 15.9 Å². The molecule has 6 nitrogen and oxygen atoms in total. The Morgan fingerprint density at radius 1 is 1.21 bits per heavy atom. The number of benzene rings is 2. The number of anilines is 1. The minimum atomic E-state index is -3.73. The Morgan fingerprint density at radius 2 is 1.88 bits per heavy atom. The van der Waals surface area contributed by atoms with Crippen LogP contribution in [0.15, 0.2) is 47.4 Å². The Balaban J connectivity index is 1.96. The van der Waals surface area contributed by atoms with Crippen LogP contribution < -0.4 is 15.2 Å². The van der Waals surface area contributed by atoms with Crippen LogP contribution >= 0.6 is 0 Å². The molecule has 1 amide bonds. The van der Waals surface area contributed by atoms with Gasteiger partial charge in [-0.2, -0.15) is 0 Å². The molecule has 24 heavy (non-hydrogen) atoms. The average molecular weight is 352 g/mol. The normalized spacial score (nSPS) is 11.1. The van der Waals surface area contributed by atoms with Crippen molar-refractivity contribution in [1.29, 1.82) is 0 Å². The number of methoxy groups -OCH3 is 1. The summed E-state index contributed by atoms with van der Waals surface area (Å²) in [5.41, 5.74) is 1.18. The third kappa shape index (κ3) is 4.77. The Bertz CT molecular complexity index is 836. The summed E-state index contributed by atoms with van der Waals surface area (Å²) >= 11 is 0. The molecule has 0 fully saturated rings. The van der Waals surface area contributed by atoms with Gasteiger partial charge in [0.25, 0.3) is 0 Å². The van der Waals surface area contributed by atoms with E-state index in [1.807, 2.05) is 0 Å². The van der Waals surface area contributed by atoms with Gasteiger partial charge in [-0.25, -0.2) is 17.9 Å². The molecule has 0 atom stereocenters. The van der Waals surface area contributed by atoms with E-state index in [1.165, 1.54) is 37.4 Å². The van der Waals surface area contributed by atoms with Crippen molar-refractivity contribution in [1.82, 2.24) is 0 Å². The molecule has 0 unspecified atom stereocenters. The van der Waals surface area contributed by atoms with Gasteiger partial charge < -0.3 is 10.1 Å². The number of sulfonamides is 1. The number of halogens is 1. The van der Waals surface area contributed by atoms with Crippen molar-refractivity contribution in [2.45, 2.75) is 17.7 Å². The van der Waals surface area contributed by atoms with E-state index in [-0.39, 0.29) is 23.0 Å². The smallest absolute Gasteiger partial charge is 0.238 e. The first-order chi connectivity index (χ1) is 11.3. The highest BCUT2D eigenvalue weighted by Crippen LogP contribution is 2.25. The molecular weight excluding hydrogens is 335 g/mol. The number of amides is 1. The summed E-state index contributed by atoms with van der Waals surface area (Å²) in [5, 5.41) is 7.67. The zero-order valence-electron chi connectivity index (χ0n) is 13.0. The van der Waals surface area contributed by atoms with E-state index < -0.39 is 15.8 Å². The molecule has 0 saturated heterocycles. The molecule has 2 aromatic carbocycles. The number of primary sulfonamides is 1. The molecule has 128 valence electrons. The predicted molar refractivity (Wildman–Crippen MR) is 87.7 cm³/mol. The molecule has 0 spiro atoms. The fourth-order valence-corrected chi connectivity index (χ4v) is 2.60. The van der Waals surface area contributed by atoms with Crippen molar-refractivity contribution in [3.63, 3.8) is 0 Å². The highest BCUT2D eigenvalue weighted by molar-refractivity contribution is 7.89. The van der Waals surface area contributed by atoms with Crippen LogP contribution in [0.25, 0.3) is 0 Å². The quantitative estimate of drug-likeness (QED) is 0.831. The van der Waals surface area contributed by atoms with Crippen LogP contribution in [0.2, 0.25) is 0 Å². The monoisotopic (exact) mass is 352 g/mol. The first kappa shape index (κ1) is 17.9. The molecule has 0 radical (unpaired) electrons. The summed E-state index contributed by atoms with van der Waals surface area (Å²) in [4.78, 5) is 12.0. The minimum Gasteiger partial charge on any atom is -0.494 e. The zero-order chi connectivity index (χ0) is 17.7. The molecule has 0 aliphatic carbocycles. The van der Waals surface area contributed by atoms with Crippen molar-refractivity contribution >= 4 is 21.6 Å². The van der Waals surface area contributed by atoms with E-state index in [2.05, 4.69) is 5.32 Å². The number of hydrogen-bond acceptors (Lipinski definition) is 4. The molecule has 3 N–H and O–H groups in total. The Kier molecular flexibility index (Phi) is 5.53. The number of carbonyl (C=O) groups excluding carboxylic acids is 1. The second-order valence-electron chi connectivity index (χ2n) is 5.08. The van der Waals surface area contributed by atoms with Gasteiger partial charge in [-0.3, -0.25) is 4.79 Å². The Hall–Kier alpha value is -2.45. The van der Waals surface area contributed by atoms with Crippen molar-refractivity contribution in [3.05, 3.63) is 53.8 Å². The highest BCUT2D eigenvalue weighted by atomic mass is 32.2. The second-order valence-corrected chi connectivity index (χ2v) is 6.64. The predicted octanol–water partition coefficient (Wildman–Crippen LogP) is 2.05. The summed E-state index contributed by atoms with van der Waals surface area (Å²) in [6, 6.07) is 9.83. The molecule has 0 saturated carbocycles. The number of hydrogen-bond donors (Lipinski definition) is 2. The third-order valence-electron chi connectivity index (χ3n) is 3.33. The lowest BCUT2D eigenvalue weighted by molar-refractivity contribution is -0.116. The lowest BCUT2D eigenvalue weighted by Crippen LogP contribution is -2.13. The van der Waals surface area contributed by atoms with E-state index >= 15 is 0 Å². The molecule has 2 aromatic rings. The maximum atomic E-state index is 13.1. The van der Waals surface area contributed by atoms with Crippen molar-refractivity contribution in [3.8, 4) is 5.75 Å². The van der Waals surface area contributed by atoms with Crippen LogP contribution in [0.4, 0.5) is 10.1 Å². The number of carbonyl (C=O) groups is 1. The zero-order valence-corrected chi connectivity index (χ0v) is 13.8. The van der Waals surface area contributed by atoms with Crippen molar-refractivity contribution < 1.29 is 22.3 Å². The summed E-state index contributed by atoms with van der Waals surface area (Å²) in [7, 11) is -2.34. The molecule has 0 aliphatic rings. The molecule has 0 aliphatic heterocycles. The van der Waals surface area contributed by atoms with Gasteiger partial charge in [-0.15, -0.1) is 0 Å². The number of nitrogens with two attached hydrogens (primary N) is 1. The van der Waals surface area contributed by atoms with Gasteiger partial charge >= 0.3 is 0 Å². The molecule has 8 heteroatoms. The van der Waals surface area contributed by atoms with E-state index in [0.717, 1.165) is 5.56 Å². The van der Waals surface area contributed by atoms with Gasteiger partial charge in [0.05, 0.1) is 17.7 Å². The molecule has 2 rings (SSSR count).